The number of carboxylic acids is 2. The van der Waals surface area contributed by atoms with Crippen LogP contribution in [0.4, 0.5) is 22.0 Å². The van der Waals surface area contributed by atoms with Crippen LogP contribution < -0.4 is 11.1 Å². The number of benzene rings is 2. The maximum atomic E-state index is 15.2. The standard InChI is InChI=1S/C56H79F2N5O15S.C2HF3O2/c1-56(2,3)54(49-35-43(47-36-45(57)10-11-48(47)58)38-61(49)37-42-8-5-4-6-9-42)62(17-7-15-59)53(68)41-79-40-44(55(69)70)34-46(64)14-18-71-20-22-73-24-26-75-28-30-77-32-33-78-31-29-76-27-25-74-23-21-72-19-16-60-50(65)39-63-51(66)12-13-52(63)67;3-2(4,5)1(6)7/h4-6,8-13,35-36,38,44,54H,7,14-34,37,39-41,59H2,1-3H3,(H,60,65)(H,69,70);(H,6,7)/t44-,54-;/m0./s1. The Balaban J connectivity index is 0.00000259. The summed E-state index contributed by atoms with van der Waals surface area (Å²) in [6.45, 7) is 12.3. The van der Waals surface area contributed by atoms with E-state index in [4.69, 9.17) is 53.5 Å². The largest absolute Gasteiger partial charge is 0.490 e. The third-order valence-corrected chi connectivity index (χ3v) is 13.3. The second kappa shape index (κ2) is 41.0. The number of ether oxygens (including phenoxy) is 8. The van der Waals surface area contributed by atoms with Crippen molar-refractivity contribution in [3.05, 3.63) is 95.8 Å². The molecule has 28 heteroatoms. The molecule has 0 aliphatic carbocycles. The summed E-state index contributed by atoms with van der Waals surface area (Å²) in [6, 6.07) is 14.3. The lowest BCUT2D eigenvalue weighted by molar-refractivity contribution is -0.192. The van der Waals surface area contributed by atoms with Crippen molar-refractivity contribution in [3.63, 3.8) is 0 Å². The van der Waals surface area contributed by atoms with Gasteiger partial charge in [-0.25, -0.2) is 13.6 Å². The van der Waals surface area contributed by atoms with E-state index in [1.807, 2.05) is 55.7 Å². The van der Waals surface area contributed by atoms with Gasteiger partial charge < -0.3 is 68.6 Å². The van der Waals surface area contributed by atoms with Gasteiger partial charge in [0, 0.05) is 73.4 Å². The smallest absolute Gasteiger partial charge is 0.481 e. The fourth-order valence-corrected chi connectivity index (χ4v) is 9.12. The number of hydrogen-bond donors (Lipinski definition) is 4. The van der Waals surface area contributed by atoms with E-state index in [0.717, 1.165) is 58.3 Å². The van der Waals surface area contributed by atoms with Crippen molar-refractivity contribution in [1.29, 1.82) is 0 Å². The number of hydrogen-bond acceptors (Lipinski definition) is 17. The summed E-state index contributed by atoms with van der Waals surface area (Å²) in [6.07, 6.45) is -0.752. The number of rotatable bonds is 44. The summed E-state index contributed by atoms with van der Waals surface area (Å²) in [5.74, 6) is -8.07. The zero-order valence-corrected chi connectivity index (χ0v) is 49.5. The third kappa shape index (κ3) is 29.9. The molecule has 0 spiro atoms. The number of nitrogens with two attached hydrogens (primary N) is 1. The molecule has 0 radical (unpaired) electrons. The summed E-state index contributed by atoms with van der Waals surface area (Å²) >= 11 is 1.15. The van der Waals surface area contributed by atoms with E-state index < -0.39 is 64.8 Å². The Kier molecular flexibility index (Phi) is 35.3. The first-order valence-corrected chi connectivity index (χ1v) is 28.9. The van der Waals surface area contributed by atoms with Crippen LogP contribution in [-0.2, 0) is 78.0 Å². The number of carbonyl (C=O) groups excluding carboxylic acids is 5. The maximum Gasteiger partial charge on any atom is 0.490 e. The fourth-order valence-electron chi connectivity index (χ4n) is 8.11. The number of alkyl halides is 3. The number of carbonyl (C=O) groups is 7. The van der Waals surface area contributed by atoms with Gasteiger partial charge in [-0.15, -0.1) is 0 Å². The Bertz CT molecular complexity index is 2550. The molecule has 1 aromatic heterocycles. The van der Waals surface area contributed by atoms with Gasteiger partial charge in [0.2, 0.25) is 11.8 Å². The van der Waals surface area contributed by atoms with Gasteiger partial charge in [-0.1, -0.05) is 51.1 Å². The van der Waals surface area contributed by atoms with E-state index in [9.17, 15) is 51.4 Å². The molecule has 3 aromatic rings. The van der Waals surface area contributed by atoms with E-state index in [1.165, 1.54) is 0 Å². The van der Waals surface area contributed by atoms with Gasteiger partial charge >= 0.3 is 18.1 Å². The maximum absolute atomic E-state index is 15.2. The van der Waals surface area contributed by atoms with Crippen molar-refractivity contribution < 1.29 is 104 Å². The first-order chi connectivity index (χ1) is 41.0. The first kappa shape index (κ1) is 74.0. The number of imide groups is 1. The van der Waals surface area contributed by atoms with Crippen molar-refractivity contribution >= 4 is 53.1 Å². The van der Waals surface area contributed by atoms with Crippen LogP contribution in [0.2, 0.25) is 0 Å². The highest BCUT2D eigenvalue weighted by molar-refractivity contribution is 7.99. The molecule has 2 aromatic carbocycles. The molecule has 4 amide bonds. The van der Waals surface area contributed by atoms with Crippen molar-refractivity contribution in [2.45, 2.75) is 58.8 Å². The van der Waals surface area contributed by atoms with Crippen LogP contribution in [0.3, 0.4) is 0 Å². The monoisotopic (exact) mass is 1250 g/mol. The lowest BCUT2D eigenvalue weighted by Crippen LogP contribution is -2.44. The number of amides is 4. The van der Waals surface area contributed by atoms with E-state index >= 15 is 4.39 Å². The number of nitrogens with zero attached hydrogens (tertiary/aromatic N) is 3. The zero-order chi connectivity index (χ0) is 63.3. The average molecular weight is 1250 g/mol. The van der Waals surface area contributed by atoms with Crippen molar-refractivity contribution in [3.8, 4) is 11.1 Å². The highest BCUT2D eigenvalue weighted by Crippen LogP contribution is 2.41. The highest BCUT2D eigenvalue weighted by Gasteiger charge is 2.39. The molecule has 480 valence electrons. The molecule has 86 heavy (non-hydrogen) atoms. The molecule has 4 rings (SSSR count). The van der Waals surface area contributed by atoms with Crippen LogP contribution in [-0.4, -0.2) is 216 Å². The number of halogens is 5. The molecule has 0 saturated heterocycles. The third-order valence-electron chi connectivity index (χ3n) is 12.2. The molecule has 5 N–H and O–H groups in total. The molecule has 0 saturated carbocycles. The predicted molar refractivity (Wildman–Crippen MR) is 305 cm³/mol. The minimum absolute atomic E-state index is 0.0264. The van der Waals surface area contributed by atoms with Gasteiger partial charge in [-0.2, -0.15) is 24.9 Å². The van der Waals surface area contributed by atoms with E-state index in [-0.39, 0.29) is 81.1 Å². The Morgan fingerprint density at radius 1 is 0.709 bits per heavy atom. The summed E-state index contributed by atoms with van der Waals surface area (Å²) < 4.78 is 107. The Hall–Kier alpha value is -6.21. The SMILES string of the molecule is CC(C)(C)[C@H](c1cc(-c2cc(F)ccc2F)cn1Cc1ccccc1)N(CCCN)C(=O)CSC[C@H](CC(=O)CCOCCOCCOCCOCCOCCOCCOCCOCCNC(=O)CN1C(=O)C=CC1=O)C(=O)O.O=C(O)C(F)(F)F. The van der Waals surface area contributed by atoms with Crippen LogP contribution in [0, 0.1) is 23.0 Å². The molecular weight excluding hydrogens is 1170 g/mol. The van der Waals surface area contributed by atoms with E-state index in [0.29, 0.717) is 111 Å². The molecule has 2 atom stereocenters. The van der Waals surface area contributed by atoms with Crippen molar-refractivity contribution in [2.75, 3.05) is 143 Å². The van der Waals surface area contributed by atoms with Crippen molar-refractivity contribution in [1.82, 2.24) is 19.7 Å². The zero-order valence-electron chi connectivity index (χ0n) is 48.7. The molecule has 0 fully saturated rings. The highest BCUT2D eigenvalue weighted by atomic mass is 32.2. The van der Waals surface area contributed by atoms with Crippen LogP contribution in [0.5, 0.6) is 0 Å². The van der Waals surface area contributed by atoms with Crippen LogP contribution in [0.15, 0.2) is 72.9 Å². The topological polar surface area (TPSA) is 283 Å². The molecule has 1 aliphatic rings. The number of aliphatic carboxylic acids is 2. The van der Waals surface area contributed by atoms with E-state index in [2.05, 4.69) is 5.32 Å². The number of Topliss-reactive ketones (excluding diaryl/α,β-unsaturated/α-hetero) is 1. The minimum atomic E-state index is -5.08. The lowest BCUT2D eigenvalue weighted by atomic mass is 9.83. The second-order valence-electron chi connectivity index (χ2n) is 20.1. The van der Waals surface area contributed by atoms with Gasteiger partial charge in [0.15, 0.2) is 0 Å². The number of thioether (sulfide) groups is 1. The Morgan fingerprint density at radius 2 is 1.21 bits per heavy atom. The molecule has 1 aliphatic heterocycles. The van der Waals surface area contributed by atoms with E-state index in [1.54, 1.807) is 17.2 Å². The number of nitrogens with one attached hydrogen (secondary N) is 1. The van der Waals surface area contributed by atoms with Gasteiger partial charge in [-0.05, 0) is 48.2 Å². The average Bonchev–Trinajstić information content (AvgIpc) is 1.89. The minimum Gasteiger partial charge on any atom is -0.481 e. The summed E-state index contributed by atoms with van der Waals surface area (Å²) in [4.78, 5) is 85.7. The van der Waals surface area contributed by atoms with Gasteiger partial charge in [0.1, 0.15) is 24.0 Å². The molecule has 0 bridgehead atoms. The van der Waals surface area contributed by atoms with Crippen LogP contribution >= 0.6 is 11.8 Å². The molecule has 0 unspecified atom stereocenters. The number of ketones is 1. The van der Waals surface area contributed by atoms with Gasteiger partial charge in [0.05, 0.1) is 123 Å². The van der Waals surface area contributed by atoms with Gasteiger partial charge in [-0.3, -0.25) is 33.7 Å². The van der Waals surface area contributed by atoms with Crippen molar-refractivity contribution in [2.24, 2.45) is 17.1 Å². The van der Waals surface area contributed by atoms with Crippen LogP contribution in [0.25, 0.3) is 11.1 Å². The van der Waals surface area contributed by atoms with Gasteiger partial charge in [0.25, 0.3) is 11.8 Å². The quantitative estimate of drug-likeness (QED) is 0.0316. The molecule has 22 nitrogen and oxygen atoms in total. The summed E-state index contributed by atoms with van der Waals surface area (Å²) in [7, 11) is 0. The first-order valence-electron chi connectivity index (χ1n) is 27.8. The Labute approximate surface area is 501 Å². The predicted octanol–water partition coefficient (Wildman–Crippen LogP) is 5.34. The number of carboxylic acid groups (broad SMARTS) is 2. The summed E-state index contributed by atoms with van der Waals surface area (Å²) in [5.41, 5.74) is 7.66. The molecular formula is C58H80F5N5O17S. The van der Waals surface area contributed by atoms with Crippen LogP contribution in [0.1, 0.15) is 57.3 Å². The Morgan fingerprint density at radius 3 is 1.69 bits per heavy atom. The second-order valence-corrected chi connectivity index (χ2v) is 21.1. The number of aromatic nitrogens is 1. The fraction of sp³-hybridized carbons (Fsp3) is 0.569. The molecule has 2 heterocycles. The lowest BCUT2D eigenvalue weighted by Gasteiger charge is -2.41. The normalized spacial score (nSPS) is 13.2. The summed E-state index contributed by atoms with van der Waals surface area (Å²) in [5, 5.41) is 19.7.